The predicted octanol–water partition coefficient (Wildman–Crippen LogP) is 6.78. The van der Waals surface area contributed by atoms with Gasteiger partial charge in [-0.15, -0.1) is 11.3 Å². The summed E-state index contributed by atoms with van der Waals surface area (Å²) in [5, 5.41) is 1.69. The van der Waals surface area contributed by atoms with Crippen molar-refractivity contribution in [2.45, 2.75) is 33.6 Å². The number of allylic oxidation sites excluding steroid dienone is 2. The van der Waals surface area contributed by atoms with Gasteiger partial charge in [-0.25, -0.2) is 14.8 Å². The number of carbonyl (C=O) groups excluding carboxylic acids is 2. The zero-order chi connectivity index (χ0) is 23.0. The molecule has 0 atom stereocenters. The van der Waals surface area contributed by atoms with Gasteiger partial charge < -0.3 is 4.74 Å². The average Bonchev–Trinajstić information content (AvgIpc) is 3.09. The van der Waals surface area contributed by atoms with Crippen LogP contribution in [0.2, 0.25) is 10.2 Å². The van der Waals surface area contributed by atoms with Gasteiger partial charge in [0.05, 0.1) is 16.8 Å². The number of aryl methyl sites for hydroxylation is 1. The molecule has 1 aliphatic rings. The summed E-state index contributed by atoms with van der Waals surface area (Å²) in [5.74, 6) is -0.338. The van der Waals surface area contributed by atoms with Gasteiger partial charge in [0, 0.05) is 34.5 Å². The molecule has 0 amide bonds. The molecule has 0 saturated heterocycles. The van der Waals surface area contributed by atoms with E-state index in [-0.39, 0.29) is 21.9 Å². The van der Waals surface area contributed by atoms with E-state index in [1.807, 2.05) is 32.9 Å². The minimum Gasteiger partial charge on any atom is -0.427 e. The predicted molar refractivity (Wildman–Crippen MR) is 127 cm³/mol. The van der Waals surface area contributed by atoms with Crippen LogP contribution in [0.3, 0.4) is 0 Å². The summed E-state index contributed by atoms with van der Waals surface area (Å²) in [4.78, 5) is 35.5. The van der Waals surface area contributed by atoms with E-state index in [0.29, 0.717) is 34.9 Å². The topological polar surface area (TPSA) is 69.2 Å². The fourth-order valence-electron chi connectivity index (χ4n) is 3.63. The number of carbonyl (C=O) groups is 2. The number of halogens is 2. The lowest BCUT2D eigenvalue weighted by Gasteiger charge is -2.31. The molecule has 0 saturated carbocycles. The minimum absolute atomic E-state index is 0.0886. The average molecular weight is 487 g/mol. The Bertz CT molecular complexity index is 1230. The van der Waals surface area contributed by atoms with Gasteiger partial charge in [-0.1, -0.05) is 49.2 Å². The van der Waals surface area contributed by atoms with Crippen molar-refractivity contribution in [2.24, 2.45) is 5.41 Å². The molecule has 0 radical (unpaired) electrons. The molecule has 2 aromatic heterocycles. The van der Waals surface area contributed by atoms with Crippen LogP contribution in [0, 0.1) is 12.3 Å². The second-order valence-corrected chi connectivity index (χ2v) is 10.5. The van der Waals surface area contributed by atoms with Crippen molar-refractivity contribution in [2.75, 3.05) is 0 Å². The molecule has 8 heteroatoms. The van der Waals surface area contributed by atoms with Gasteiger partial charge in [-0.05, 0) is 36.6 Å². The molecule has 2 heterocycles. The van der Waals surface area contributed by atoms with Crippen LogP contribution in [-0.4, -0.2) is 21.7 Å². The van der Waals surface area contributed by atoms with E-state index in [1.165, 1.54) is 23.6 Å². The molecule has 0 fully saturated rings. The molecule has 164 valence electrons. The lowest BCUT2D eigenvalue weighted by molar-refractivity contribution is -0.116. The van der Waals surface area contributed by atoms with Gasteiger partial charge >= 0.3 is 5.97 Å². The van der Waals surface area contributed by atoms with Gasteiger partial charge in [0.25, 0.3) is 0 Å². The minimum atomic E-state index is -0.585. The normalized spacial score (nSPS) is 15.7. The van der Waals surface area contributed by atoms with E-state index in [2.05, 4.69) is 4.98 Å². The lowest BCUT2D eigenvalue weighted by atomic mass is 9.76. The van der Waals surface area contributed by atoms with Crippen LogP contribution in [0.15, 0.2) is 48.4 Å². The SMILES string of the molecule is Cc1sc(-c2ccc(Cl)cc2)nc1C1=C(OC(=O)c2ccc(Cl)nc2)CC(C)(C)CC1=O. The first-order valence-electron chi connectivity index (χ1n) is 9.97. The molecule has 0 unspecified atom stereocenters. The Kier molecular flexibility index (Phi) is 6.21. The maximum atomic E-state index is 13.2. The van der Waals surface area contributed by atoms with Crippen LogP contribution in [-0.2, 0) is 9.53 Å². The highest BCUT2D eigenvalue weighted by molar-refractivity contribution is 7.15. The number of ether oxygens (including phenoxy) is 1. The largest absolute Gasteiger partial charge is 0.427 e. The van der Waals surface area contributed by atoms with Gasteiger partial charge in [-0.3, -0.25) is 4.79 Å². The third-order valence-corrected chi connectivity index (χ3v) is 6.63. The first kappa shape index (κ1) is 22.6. The van der Waals surface area contributed by atoms with Crippen molar-refractivity contribution < 1.29 is 14.3 Å². The lowest BCUT2D eigenvalue weighted by Crippen LogP contribution is -2.27. The van der Waals surface area contributed by atoms with E-state index < -0.39 is 5.97 Å². The fraction of sp³-hybridized carbons (Fsp3) is 0.250. The Morgan fingerprint density at radius 3 is 2.47 bits per heavy atom. The molecular weight excluding hydrogens is 467 g/mol. The molecule has 0 spiro atoms. The number of hydrogen-bond acceptors (Lipinski definition) is 6. The number of rotatable bonds is 4. The van der Waals surface area contributed by atoms with Crippen LogP contribution < -0.4 is 0 Å². The Morgan fingerprint density at radius 2 is 1.81 bits per heavy atom. The Morgan fingerprint density at radius 1 is 1.09 bits per heavy atom. The molecule has 0 aliphatic heterocycles. The molecule has 3 aromatic rings. The van der Waals surface area contributed by atoms with Crippen molar-refractivity contribution in [3.05, 3.63) is 74.7 Å². The van der Waals surface area contributed by atoms with Gasteiger partial charge in [-0.2, -0.15) is 0 Å². The fourth-order valence-corrected chi connectivity index (χ4v) is 4.79. The van der Waals surface area contributed by atoms with Crippen molar-refractivity contribution >= 4 is 51.9 Å². The summed E-state index contributed by atoms with van der Waals surface area (Å²) >= 11 is 13.3. The monoisotopic (exact) mass is 486 g/mol. The summed E-state index contributed by atoms with van der Waals surface area (Å²) in [7, 11) is 0. The van der Waals surface area contributed by atoms with E-state index in [1.54, 1.807) is 18.2 Å². The quantitative estimate of drug-likeness (QED) is 0.300. The van der Waals surface area contributed by atoms with Crippen LogP contribution >= 0.6 is 34.5 Å². The molecule has 5 nitrogen and oxygen atoms in total. The first-order chi connectivity index (χ1) is 15.1. The van der Waals surface area contributed by atoms with E-state index >= 15 is 0 Å². The third kappa shape index (κ3) is 4.77. The number of esters is 1. The van der Waals surface area contributed by atoms with Crippen LogP contribution in [0.4, 0.5) is 0 Å². The Hall–Kier alpha value is -2.54. The zero-order valence-corrected chi connectivity index (χ0v) is 20.1. The summed E-state index contributed by atoms with van der Waals surface area (Å²) < 4.78 is 5.76. The third-order valence-electron chi connectivity index (χ3n) is 5.14. The van der Waals surface area contributed by atoms with Crippen LogP contribution in [0.1, 0.15) is 47.6 Å². The second kappa shape index (κ2) is 8.77. The standard InChI is InChI=1S/C24H20Cl2N2O3S/c1-13-21(28-22(32-13)14-4-7-16(25)8-5-14)20-17(29)10-24(2,3)11-18(20)31-23(30)15-6-9-19(26)27-12-15/h4-9,12H,10-11H2,1-3H3. The highest BCUT2D eigenvalue weighted by atomic mass is 35.5. The number of nitrogens with zero attached hydrogens (tertiary/aromatic N) is 2. The zero-order valence-electron chi connectivity index (χ0n) is 17.7. The van der Waals surface area contributed by atoms with E-state index in [4.69, 9.17) is 32.9 Å². The second-order valence-electron chi connectivity index (χ2n) is 8.43. The summed E-state index contributed by atoms with van der Waals surface area (Å²) in [6, 6.07) is 10.4. The number of pyridine rings is 1. The summed E-state index contributed by atoms with van der Waals surface area (Å²) in [6.07, 6.45) is 2.14. The first-order valence-corrected chi connectivity index (χ1v) is 11.5. The molecule has 4 rings (SSSR count). The summed E-state index contributed by atoms with van der Waals surface area (Å²) in [5.41, 5.74) is 1.75. The number of Topliss-reactive ketones (excluding diaryl/α,β-unsaturated/α-hetero) is 1. The van der Waals surface area contributed by atoms with Gasteiger partial charge in [0.15, 0.2) is 5.78 Å². The van der Waals surface area contributed by atoms with Gasteiger partial charge in [0.1, 0.15) is 15.9 Å². The van der Waals surface area contributed by atoms with Crippen molar-refractivity contribution in [1.29, 1.82) is 0 Å². The van der Waals surface area contributed by atoms with Crippen molar-refractivity contribution in [3.8, 4) is 10.6 Å². The molecule has 0 N–H and O–H groups in total. The van der Waals surface area contributed by atoms with Gasteiger partial charge in [0.2, 0.25) is 0 Å². The molecular formula is C24H20Cl2N2O3S. The molecule has 0 bridgehead atoms. The maximum Gasteiger partial charge on any atom is 0.344 e. The number of benzene rings is 1. The highest BCUT2D eigenvalue weighted by Crippen LogP contribution is 2.43. The molecule has 1 aliphatic carbocycles. The summed E-state index contributed by atoms with van der Waals surface area (Å²) in [6.45, 7) is 5.87. The number of thiazole rings is 1. The smallest absolute Gasteiger partial charge is 0.344 e. The highest BCUT2D eigenvalue weighted by Gasteiger charge is 2.37. The number of ketones is 1. The molecule has 1 aromatic carbocycles. The van der Waals surface area contributed by atoms with Crippen LogP contribution in [0.25, 0.3) is 16.1 Å². The van der Waals surface area contributed by atoms with Crippen molar-refractivity contribution in [1.82, 2.24) is 9.97 Å². The number of aromatic nitrogens is 2. The Labute approximate surface area is 200 Å². The van der Waals surface area contributed by atoms with Crippen LogP contribution in [0.5, 0.6) is 0 Å². The van der Waals surface area contributed by atoms with E-state index in [0.717, 1.165) is 15.4 Å². The maximum absolute atomic E-state index is 13.2. The molecule has 32 heavy (non-hydrogen) atoms. The Balaban J connectivity index is 1.76. The van der Waals surface area contributed by atoms with Crippen molar-refractivity contribution in [3.63, 3.8) is 0 Å². The van der Waals surface area contributed by atoms with E-state index in [9.17, 15) is 9.59 Å². The number of hydrogen-bond donors (Lipinski definition) is 0.